The minimum Gasteiger partial charge on any atom is -0.443 e. The highest BCUT2D eigenvalue weighted by atomic mass is 16.6. The molecule has 11 heteroatoms. The van der Waals surface area contributed by atoms with Crippen molar-refractivity contribution in [1.82, 2.24) is 31.0 Å². The Morgan fingerprint density at radius 1 is 0.804 bits per heavy atom. The minimum absolute atomic E-state index is 0.0261. The summed E-state index contributed by atoms with van der Waals surface area (Å²) >= 11 is 0. The van der Waals surface area contributed by atoms with Crippen LogP contribution in [-0.2, 0) is 42.1 Å². The van der Waals surface area contributed by atoms with Gasteiger partial charge in [0.2, 0.25) is 0 Å². The Balaban J connectivity index is 1.60. The second-order valence-electron chi connectivity index (χ2n) is 12.8. The zero-order valence-corrected chi connectivity index (χ0v) is 29.9. The van der Waals surface area contributed by atoms with E-state index >= 15 is 0 Å². The topological polar surface area (TPSA) is 136 Å². The van der Waals surface area contributed by atoms with Crippen molar-refractivity contribution in [2.75, 3.05) is 13.6 Å². The number of carbonyl (C=O) groups is 3. The number of carbonyl (C=O) groups excluding carboxylic acids is 3. The molecule has 4 rings (SSSR count). The van der Waals surface area contributed by atoms with Gasteiger partial charge in [0.25, 0.3) is 5.91 Å². The van der Waals surface area contributed by atoms with Gasteiger partial charge in [0.05, 0.1) is 24.4 Å². The molecule has 11 nitrogen and oxygen atoms in total. The second-order valence-corrected chi connectivity index (χ2v) is 12.8. The average Bonchev–Trinajstić information content (AvgIpc) is 3.15. The molecule has 1 heterocycles. The van der Waals surface area contributed by atoms with E-state index in [2.05, 4.69) is 21.0 Å². The summed E-state index contributed by atoms with van der Waals surface area (Å²) in [6.45, 7) is 6.44. The van der Waals surface area contributed by atoms with E-state index in [4.69, 9.17) is 4.74 Å². The van der Waals surface area contributed by atoms with Crippen LogP contribution >= 0.6 is 0 Å². The van der Waals surface area contributed by atoms with Gasteiger partial charge in [-0.05, 0) is 47.6 Å². The van der Waals surface area contributed by atoms with Crippen molar-refractivity contribution in [2.24, 2.45) is 5.92 Å². The molecule has 4 aromatic rings. The van der Waals surface area contributed by atoms with Gasteiger partial charge in [-0.3, -0.25) is 9.78 Å². The molecule has 0 fully saturated rings. The first-order chi connectivity index (χ1) is 24.6. The van der Waals surface area contributed by atoms with Gasteiger partial charge < -0.3 is 25.4 Å². The Morgan fingerprint density at radius 2 is 1.39 bits per heavy atom. The third kappa shape index (κ3) is 12.2. The fraction of sp³-hybridized carbons (Fsp3) is 0.350. The molecule has 3 atom stereocenters. The summed E-state index contributed by atoms with van der Waals surface area (Å²) in [4.78, 5) is 47.6. The number of rotatable bonds is 16. The van der Waals surface area contributed by atoms with Crippen LogP contribution in [0.2, 0.25) is 0 Å². The normalized spacial score (nSPS) is 12.7. The van der Waals surface area contributed by atoms with Crippen LogP contribution in [0.15, 0.2) is 109 Å². The van der Waals surface area contributed by atoms with E-state index in [1.165, 1.54) is 4.90 Å². The number of ether oxygens (including phenoxy) is 1. The summed E-state index contributed by atoms with van der Waals surface area (Å²) in [6.07, 6.45) is -1.03. The van der Waals surface area contributed by atoms with Gasteiger partial charge in [-0.2, -0.15) is 0 Å². The van der Waals surface area contributed by atoms with Gasteiger partial charge in [-0.15, -0.1) is 0 Å². The number of aryl methyl sites for hydroxylation is 1. The van der Waals surface area contributed by atoms with Crippen LogP contribution in [0.3, 0.4) is 0 Å². The van der Waals surface area contributed by atoms with Crippen LogP contribution in [0, 0.1) is 5.92 Å². The summed E-state index contributed by atoms with van der Waals surface area (Å²) < 4.78 is 5.53. The molecule has 4 amide bonds. The van der Waals surface area contributed by atoms with Gasteiger partial charge >= 0.3 is 12.1 Å². The summed E-state index contributed by atoms with van der Waals surface area (Å²) in [7, 11) is 1.63. The van der Waals surface area contributed by atoms with Crippen molar-refractivity contribution < 1.29 is 24.2 Å². The van der Waals surface area contributed by atoms with E-state index in [0.717, 1.165) is 39.5 Å². The van der Waals surface area contributed by atoms with Crippen LogP contribution in [0.4, 0.5) is 9.59 Å². The number of benzene rings is 3. The van der Waals surface area contributed by atoms with E-state index in [-0.39, 0.29) is 32.0 Å². The van der Waals surface area contributed by atoms with E-state index in [0.29, 0.717) is 6.54 Å². The fourth-order valence-electron chi connectivity index (χ4n) is 5.54. The van der Waals surface area contributed by atoms with Crippen LogP contribution < -0.4 is 16.1 Å². The van der Waals surface area contributed by atoms with E-state index in [1.807, 2.05) is 130 Å². The highest BCUT2D eigenvalue weighted by Crippen LogP contribution is 2.17. The largest absolute Gasteiger partial charge is 0.443 e. The molecule has 0 saturated heterocycles. The van der Waals surface area contributed by atoms with Crippen LogP contribution in [0.1, 0.15) is 48.8 Å². The number of aromatic nitrogens is 1. The molecule has 0 aliphatic heterocycles. The SMILES string of the molecule is CCc1cccc(CN(C)C(=O)N[C@H](C(=O)N(NC(=O)OCc2ccccc2)[C@@H](Cc2ccccc2)[C@@H](O)CNCc2ccccc2)C(C)C)n1. The molecule has 3 aromatic carbocycles. The lowest BCUT2D eigenvalue weighted by Gasteiger charge is -2.38. The maximum atomic E-state index is 14.6. The first kappa shape index (κ1) is 38.5. The Labute approximate surface area is 301 Å². The average molecular weight is 695 g/mol. The summed E-state index contributed by atoms with van der Waals surface area (Å²) in [6, 6.07) is 31.6. The zero-order valence-electron chi connectivity index (χ0n) is 29.9. The van der Waals surface area contributed by atoms with Gasteiger partial charge in [0.1, 0.15) is 12.6 Å². The van der Waals surface area contributed by atoms with Crippen molar-refractivity contribution >= 4 is 18.0 Å². The lowest BCUT2D eigenvalue weighted by molar-refractivity contribution is -0.143. The molecule has 0 spiro atoms. The molecule has 1 aromatic heterocycles. The molecule has 0 bridgehead atoms. The fourth-order valence-corrected chi connectivity index (χ4v) is 5.54. The zero-order chi connectivity index (χ0) is 36.6. The number of aliphatic hydroxyl groups is 1. The predicted octanol–water partition coefficient (Wildman–Crippen LogP) is 5.24. The Bertz CT molecular complexity index is 1660. The van der Waals surface area contributed by atoms with Crippen molar-refractivity contribution in [3.8, 4) is 0 Å². The quantitative estimate of drug-likeness (QED) is 0.118. The highest BCUT2D eigenvalue weighted by Gasteiger charge is 2.38. The number of hydrogen-bond donors (Lipinski definition) is 4. The Hall–Kier alpha value is -5.26. The van der Waals surface area contributed by atoms with Crippen molar-refractivity contribution in [1.29, 1.82) is 0 Å². The predicted molar refractivity (Wildman–Crippen MR) is 197 cm³/mol. The third-order valence-corrected chi connectivity index (χ3v) is 8.44. The number of pyridine rings is 1. The molecule has 4 N–H and O–H groups in total. The van der Waals surface area contributed by atoms with Gasteiger partial charge in [-0.1, -0.05) is 118 Å². The third-order valence-electron chi connectivity index (χ3n) is 8.44. The van der Waals surface area contributed by atoms with E-state index in [9.17, 15) is 19.5 Å². The molecule has 0 saturated carbocycles. The smallest absolute Gasteiger partial charge is 0.426 e. The number of nitrogens with one attached hydrogen (secondary N) is 3. The van der Waals surface area contributed by atoms with Crippen molar-refractivity contribution in [2.45, 2.75) is 71.5 Å². The summed E-state index contributed by atoms with van der Waals surface area (Å²) in [5.74, 6) is -0.982. The van der Waals surface area contributed by atoms with E-state index < -0.39 is 36.2 Å². The maximum Gasteiger partial charge on any atom is 0.426 e. The molecular formula is C40H50N6O5. The second kappa shape index (κ2) is 19.8. The van der Waals surface area contributed by atoms with Gasteiger partial charge in [0, 0.05) is 25.8 Å². The Kier molecular flexibility index (Phi) is 15.0. The number of hydrazine groups is 1. The number of urea groups is 1. The van der Waals surface area contributed by atoms with Crippen LogP contribution in [0.25, 0.3) is 0 Å². The lowest BCUT2D eigenvalue weighted by atomic mass is 9.97. The van der Waals surface area contributed by atoms with Gasteiger partial charge in [0.15, 0.2) is 0 Å². The molecule has 0 radical (unpaired) electrons. The molecule has 270 valence electrons. The van der Waals surface area contributed by atoms with Crippen molar-refractivity contribution in [3.63, 3.8) is 0 Å². The van der Waals surface area contributed by atoms with E-state index in [1.54, 1.807) is 7.05 Å². The van der Waals surface area contributed by atoms with Gasteiger partial charge in [-0.25, -0.2) is 20.0 Å². The number of hydrogen-bond acceptors (Lipinski definition) is 7. The minimum atomic E-state index is -1.13. The standard InChI is InChI=1S/C40H50N6O5/c1-5-33-22-15-23-34(42-33)27-45(4)39(49)43-37(29(2)3)38(48)46(44-40(50)51-28-32-20-13-8-14-21-32)35(24-30-16-9-6-10-17-30)36(47)26-41-25-31-18-11-7-12-19-31/h6-23,29,35-37,41,47H,5,24-28H2,1-4H3,(H,43,49)(H,44,50)/t35-,36-,37-/m0/s1. The van der Waals surface area contributed by atoms with Crippen molar-refractivity contribution in [3.05, 3.63) is 137 Å². The first-order valence-electron chi connectivity index (χ1n) is 17.4. The number of nitrogens with zero attached hydrogens (tertiary/aromatic N) is 3. The molecule has 51 heavy (non-hydrogen) atoms. The molecule has 0 aliphatic rings. The first-order valence-corrected chi connectivity index (χ1v) is 17.4. The maximum absolute atomic E-state index is 14.6. The highest BCUT2D eigenvalue weighted by molar-refractivity contribution is 5.88. The number of amides is 4. The molecule has 0 aliphatic carbocycles. The van der Waals surface area contributed by atoms with Crippen LogP contribution in [0.5, 0.6) is 0 Å². The summed E-state index contributed by atoms with van der Waals surface area (Å²) in [5.41, 5.74) is 6.92. The monoisotopic (exact) mass is 694 g/mol. The Morgan fingerprint density at radius 3 is 2.00 bits per heavy atom. The summed E-state index contributed by atoms with van der Waals surface area (Å²) in [5, 5.41) is 19.0. The number of aliphatic hydroxyl groups excluding tert-OH is 1. The molecule has 0 unspecified atom stereocenters. The lowest BCUT2D eigenvalue weighted by Crippen LogP contribution is -2.64. The van der Waals surface area contributed by atoms with Crippen LogP contribution in [-0.4, -0.2) is 69.8 Å². The molecular weight excluding hydrogens is 644 g/mol.